The van der Waals surface area contributed by atoms with Crippen LogP contribution in [0.4, 0.5) is 0 Å². The largest absolute Gasteiger partial charge is 0.292 e. The summed E-state index contributed by atoms with van der Waals surface area (Å²) in [5, 5.41) is 1.04. The normalized spacial score (nSPS) is 13.0. The Bertz CT molecular complexity index is 2320. The minimum Gasteiger partial charge on any atom is -0.292 e. The van der Waals surface area contributed by atoms with Gasteiger partial charge >= 0.3 is 0 Å². The minimum atomic E-state index is -0.599. The highest BCUT2D eigenvalue weighted by molar-refractivity contribution is 5.94. The number of benzene rings is 6. The molecule has 0 unspecified atom stereocenters. The molecule has 0 bridgehead atoms. The molecule has 0 N–H and O–H groups in total. The number of hydrogen-bond donors (Lipinski definition) is 0. The van der Waals surface area contributed by atoms with Crippen molar-refractivity contribution in [2.45, 2.75) is 5.41 Å². The molecule has 8 aromatic rings. The maximum atomic E-state index is 5.25. The average Bonchev–Trinajstić information content (AvgIpc) is 3.55. The van der Waals surface area contributed by atoms with Crippen LogP contribution in [0.5, 0.6) is 0 Å². The summed E-state index contributed by atoms with van der Waals surface area (Å²) in [6.45, 7) is 0. The van der Waals surface area contributed by atoms with Gasteiger partial charge in [-0.2, -0.15) is 0 Å². The van der Waals surface area contributed by atoms with Crippen molar-refractivity contribution >= 4 is 10.9 Å². The van der Waals surface area contributed by atoms with Gasteiger partial charge in [-0.1, -0.05) is 158 Å². The lowest BCUT2D eigenvalue weighted by atomic mass is 9.64. The van der Waals surface area contributed by atoms with E-state index in [0.29, 0.717) is 5.95 Å². The Balaban J connectivity index is 1.41. The van der Waals surface area contributed by atoms with Gasteiger partial charge in [-0.15, -0.1) is 0 Å². The topological polar surface area (TPSA) is 30.7 Å². The Labute approximate surface area is 268 Å². The van der Waals surface area contributed by atoms with Crippen molar-refractivity contribution in [2.75, 3.05) is 0 Å². The Hall–Kier alpha value is -6.06. The Kier molecular flexibility index (Phi) is 6.04. The number of para-hydroxylation sites is 1. The van der Waals surface area contributed by atoms with E-state index in [0.717, 1.165) is 27.7 Å². The summed E-state index contributed by atoms with van der Waals surface area (Å²) < 4.78 is 2.13. The summed E-state index contributed by atoms with van der Waals surface area (Å²) in [5.41, 5.74) is 12.0. The van der Waals surface area contributed by atoms with E-state index in [4.69, 9.17) is 9.97 Å². The quantitative estimate of drug-likeness (QED) is 0.205. The molecule has 0 amide bonds. The van der Waals surface area contributed by atoms with Crippen LogP contribution < -0.4 is 0 Å². The maximum Gasteiger partial charge on any atom is 0.234 e. The second-order valence-electron chi connectivity index (χ2n) is 11.8. The summed E-state index contributed by atoms with van der Waals surface area (Å²) in [6.07, 6.45) is 4.51. The molecule has 0 spiro atoms. The molecule has 216 valence electrons. The van der Waals surface area contributed by atoms with Gasteiger partial charge in [0.2, 0.25) is 5.95 Å². The van der Waals surface area contributed by atoms with Gasteiger partial charge < -0.3 is 0 Å². The molecule has 9 rings (SSSR count). The van der Waals surface area contributed by atoms with Gasteiger partial charge in [-0.05, 0) is 45.0 Å². The van der Waals surface area contributed by atoms with E-state index in [-0.39, 0.29) is 0 Å². The first kappa shape index (κ1) is 26.4. The fraction of sp³-hybridized carbons (Fsp3) is 0.0233. The number of nitrogens with zero attached hydrogens (tertiary/aromatic N) is 3. The highest BCUT2D eigenvalue weighted by Crippen LogP contribution is 2.55. The highest BCUT2D eigenvalue weighted by atomic mass is 15.1. The Morgan fingerprint density at radius 1 is 0.413 bits per heavy atom. The van der Waals surface area contributed by atoms with Crippen molar-refractivity contribution < 1.29 is 0 Å². The zero-order valence-electron chi connectivity index (χ0n) is 25.1. The van der Waals surface area contributed by atoms with E-state index in [2.05, 4.69) is 169 Å². The van der Waals surface area contributed by atoms with Crippen LogP contribution in [0.2, 0.25) is 0 Å². The summed E-state index contributed by atoms with van der Waals surface area (Å²) in [5.74, 6) is 0.645. The standard InChI is InChI=1S/C43H29N3/c1-4-16-30(17-5-1)41-36-25-13-15-27-40(36)44-42(45-41)46-28-37-34-23-11-10-22-33(34)35-24-12-14-26-38(35)43(39(37)29-46,31-18-6-2-7-19-31)32-20-8-3-9-21-32/h1-29H. The van der Waals surface area contributed by atoms with E-state index < -0.39 is 5.41 Å². The predicted octanol–water partition coefficient (Wildman–Crippen LogP) is 10.1. The molecule has 0 atom stereocenters. The molecule has 0 radical (unpaired) electrons. The second kappa shape index (κ2) is 10.5. The molecule has 1 aliphatic carbocycles. The first-order chi connectivity index (χ1) is 22.8. The molecule has 3 nitrogen and oxygen atoms in total. The fourth-order valence-corrected chi connectivity index (χ4v) is 7.39. The molecule has 0 aliphatic heterocycles. The molecule has 1 aliphatic rings. The first-order valence-electron chi connectivity index (χ1n) is 15.7. The summed E-state index contributed by atoms with van der Waals surface area (Å²) >= 11 is 0. The van der Waals surface area contributed by atoms with E-state index >= 15 is 0 Å². The molecule has 2 aromatic heterocycles. The zero-order valence-corrected chi connectivity index (χ0v) is 25.1. The van der Waals surface area contributed by atoms with Gasteiger partial charge in [0, 0.05) is 28.9 Å². The monoisotopic (exact) mass is 587 g/mol. The third-order valence-corrected chi connectivity index (χ3v) is 9.35. The van der Waals surface area contributed by atoms with Crippen molar-refractivity contribution in [3.63, 3.8) is 0 Å². The third kappa shape index (κ3) is 3.92. The van der Waals surface area contributed by atoms with Gasteiger partial charge in [-0.25, -0.2) is 9.97 Å². The SMILES string of the molecule is c1ccc(-c2nc(-n3cc4c(c3)C(c3ccccc3)(c3ccccc3)c3ccccc3-c3ccccc3-4)nc3ccccc23)cc1. The van der Waals surface area contributed by atoms with Crippen molar-refractivity contribution in [3.05, 3.63) is 198 Å². The van der Waals surface area contributed by atoms with Crippen molar-refractivity contribution in [1.82, 2.24) is 14.5 Å². The molecular formula is C43H29N3. The molecule has 6 aromatic carbocycles. The molecule has 0 saturated carbocycles. The van der Waals surface area contributed by atoms with Gasteiger partial charge in [0.1, 0.15) is 0 Å². The van der Waals surface area contributed by atoms with Crippen LogP contribution in [-0.2, 0) is 5.41 Å². The number of hydrogen-bond acceptors (Lipinski definition) is 2. The summed E-state index contributed by atoms with van der Waals surface area (Å²) in [4.78, 5) is 10.4. The van der Waals surface area contributed by atoms with Crippen molar-refractivity contribution in [2.24, 2.45) is 0 Å². The summed E-state index contributed by atoms with van der Waals surface area (Å²) in [6, 6.07) is 58.2. The molecule has 46 heavy (non-hydrogen) atoms. The maximum absolute atomic E-state index is 5.25. The molecular weight excluding hydrogens is 558 g/mol. The Morgan fingerprint density at radius 3 is 1.65 bits per heavy atom. The van der Waals surface area contributed by atoms with E-state index in [9.17, 15) is 0 Å². The second-order valence-corrected chi connectivity index (χ2v) is 11.8. The third-order valence-electron chi connectivity index (χ3n) is 9.35. The molecule has 0 saturated heterocycles. The van der Waals surface area contributed by atoms with Crippen molar-refractivity contribution in [3.8, 4) is 39.5 Å². The number of aromatic nitrogens is 3. The van der Waals surface area contributed by atoms with Crippen LogP contribution in [-0.4, -0.2) is 14.5 Å². The smallest absolute Gasteiger partial charge is 0.234 e. The highest BCUT2D eigenvalue weighted by Gasteiger charge is 2.44. The van der Waals surface area contributed by atoms with Crippen LogP contribution in [0.1, 0.15) is 22.3 Å². The molecule has 2 heterocycles. The lowest BCUT2D eigenvalue weighted by molar-refractivity contribution is 0.748. The van der Waals surface area contributed by atoms with Gasteiger partial charge in [0.25, 0.3) is 0 Å². The molecule has 3 heteroatoms. The van der Waals surface area contributed by atoms with Crippen molar-refractivity contribution in [1.29, 1.82) is 0 Å². The minimum absolute atomic E-state index is 0.599. The van der Waals surface area contributed by atoms with E-state index in [1.54, 1.807) is 0 Å². The Morgan fingerprint density at radius 2 is 0.957 bits per heavy atom. The van der Waals surface area contributed by atoms with Crippen LogP contribution in [0.3, 0.4) is 0 Å². The van der Waals surface area contributed by atoms with Crippen LogP contribution >= 0.6 is 0 Å². The zero-order chi connectivity index (χ0) is 30.5. The lowest BCUT2D eigenvalue weighted by Gasteiger charge is -2.37. The number of fused-ring (bicyclic) bond motifs is 6. The van der Waals surface area contributed by atoms with Gasteiger partial charge in [-0.3, -0.25) is 4.57 Å². The van der Waals surface area contributed by atoms with Gasteiger partial charge in [0.05, 0.1) is 16.6 Å². The van der Waals surface area contributed by atoms with Crippen LogP contribution in [0, 0.1) is 0 Å². The average molecular weight is 588 g/mol. The van der Waals surface area contributed by atoms with E-state index in [1.165, 1.54) is 38.9 Å². The predicted molar refractivity (Wildman–Crippen MR) is 187 cm³/mol. The lowest BCUT2D eigenvalue weighted by Crippen LogP contribution is -2.31. The number of rotatable bonds is 4. The van der Waals surface area contributed by atoms with Crippen LogP contribution in [0.25, 0.3) is 50.4 Å². The fourth-order valence-electron chi connectivity index (χ4n) is 7.39. The van der Waals surface area contributed by atoms with Gasteiger partial charge in [0.15, 0.2) is 0 Å². The van der Waals surface area contributed by atoms with E-state index in [1.807, 2.05) is 12.1 Å². The van der Waals surface area contributed by atoms with Crippen LogP contribution in [0.15, 0.2) is 176 Å². The first-order valence-corrected chi connectivity index (χ1v) is 15.7. The molecule has 0 fully saturated rings. The summed E-state index contributed by atoms with van der Waals surface area (Å²) in [7, 11) is 0.